The van der Waals surface area contributed by atoms with Gasteiger partial charge in [0, 0.05) is 0 Å². The van der Waals surface area contributed by atoms with Crippen LogP contribution in [0, 0.1) is 0 Å². The zero-order valence-electron chi connectivity index (χ0n) is 6.07. The van der Waals surface area contributed by atoms with Crippen LogP contribution in [0.5, 0.6) is 0 Å². The van der Waals surface area contributed by atoms with E-state index in [2.05, 4.69) is 10.4 Å². The summed E-state index contributed by atoms with van der Waals surface area (Å²) in [6.45, 7) is 0. The minimum Gasteiger partial charge on any atom is -0.305 e. The second-order valence-corrected chi connectivity index (χ2v) is 2.94. The first kappa shape index (κ1) is 7.24. The van der Waals surface area contributed by atoms with Crippen LogP contribution in [0.4, 0.5) is 0 Å². The fourth-order valence-electron chi connectivity index (χ4n) is 1.19. The lowest BCUT2D eigenvalue weighted by Gasteiger charge is -2.02. The van der Waals surface area contributed by atoms with E-state index in [1.807, 2.05) is 0 Å². The molecule has 0 aliphatic carbocycles. The molecule has 1 aromatic carbocycles. The summed E-state index contributed by atoms with van der Waals surface area (Å²) < 4.78 is 0.935. The third-order valence-corrected chi connectivity index (χ3v) is 2.20. The second kappa shape index (κ2) is 2.28. The standard InChI is InChI=1S/C8H4NO2Si/c10-7-5-3-1-2-4-6(5)8(11)9(7)12/h1-4H. The Labute approximate surface area is 72.5 Å². The minimum atomic E-state index is -0.299. The molecular weight excluding hydrogens is 170 g/mol. The Kier molecular flexibility index (Phi) is 1.38. The van der Waals surface area contributed by atoms with Crippen molar-refractivity contribution in [3.8, 4) is 0 Å². The van der Waals surface area contributed by atoms with Gasteiger partial charge in [-0.05, 0) is 12.1 Å². The fraction of sp³-hybridized carbons (Fsp3) is 0. The summed E-state index contributed by atoms with van der Waals surface area (Å²) in [6, 6.07) is 6.73. The van der Waals surface area contributed by atoms with E-state index in [4.69, 9.17) is 0 Å². The molecule has 12 heavy (non-hydrogen) atoms. The topological polar surface area (TPSA) is 37.4 Å². The van der Waals surface area contributed by atoms with Crippen molar-refractivity contribution < 1.29 is 9.59 Å². The van der Waals surface area contributed by atoms with Crippen LogP contribution in [0.3, 0.4) is 0 Å². The van der Waals surface area contributed by atoms with Crippen molar-refractivity contribution in [1.29, 1.82) is 0 Å². The van der Waals surface area contributed by atoms with E-state index in [9.17, 15) is 9.59 Å². The highest BCUT2D eigenvalue weighted by molar-refractivity contribution is 6.36. The van der Waals surface area contributed by atoms with Gasteiger partial charge in [0.25, 0.3) is 11.8 Å². The maximum absolute atomic E-state index is 11.3. The predicted octanol–water partition coefficient (Wildman–Crippen LogP) is 0.366. The van der Waals surface area contributed by atoms with Gasteiger partial charge in [-0.1, -0.05) is 12.1 Å². The Hall–Kier alpha value is -1.42. The second-order valence-electron chi connectivity index (χ2n) is 2.49. The molecular formula is C8H4NO2Si. The lowest BCUT2D eigenvalue weighted by molar-refractivity contribution is 0.0766. The van der Waals surface area contributed by atoms with Crippen LogP contribution in [0.1, 0.15) is 20.7 Å². The highest BCUT2D eigenvalue weighted by atomic mass is 28.2. The summed E-state index contributed by atoms with van der Waals surface area (Å²) in [5, 5.41) is 0. The average molecular weight is 174 g/mol. The first-order valence-corrected chi connectivity index (χ1v) is 3.85. The molecule has 2 rings (SSSR count). The molecule has 1 aliphatic rings. The van der Waals surface area contributed by atoms with E-state index >= 15 is 0 Å². The predicted molar refractivity (Wildman–Crippen MR) is 42.7 cm³/mol. The number of fused-ring (bicyclic) bond motifs is 1. The summed E-state index contributed by atoms with van der Waals surface area (Å²) in [4.78, 5) is 22.5. The van der Waals surface area contributed by atoms with Gasteiger partial charge in [0.1, 0.15) is 0 Å². The SMILES string of the molecule is O=C1c2ccccc2C(=O)N1[Si]. The number of carbonyl (C=O) groups is 2. The Morgan fingerprint density at radius 1 is 1.00 bits per heavy atom. The van der Waals surface area contributed by atoms with E-state index in [1.165, 1.54) is 0 Å². The number of nitrogens with zero attached hydrogens (tertiary/aromatic N) is 1. The fourth-order valence-corrected chi connectivity index (χ4v) is 1.43. The first-order chi connectivity index (χ1) is 5.72. The number of hydrogen-bond donors (Lipinski definition) is 0. The smallest absolute Gasteiger partial charge is 0.253 e. The van der Waals surface area contributed by atoms with Gasteiger partial charge in [0.2, 0.25) is 10.4 Å². The highest BCUT2D eigenvalue weighted by Crippen LogP contribution is 2.19. The Morgan fingerprint density at radius 3 is 1.83 bits per heavy atom. The minimum absolute atomic E-state index is 0.299. The molecule has 0 saturated heterocycles. The van der Waals surface area contributed by atoms with Gasteiger partial charge in [0.15, 0.2) is 0 Å². The molecule has 0 N–H and O–H groups in total. The zero-order chi connectivity index (χ0) is 8.72. The molecule has 2 amide bonds. The molecule has 1 heterocycles. The number of hydrogen-bond acceptors (Lipinski definition) is 2. The molecule has 0 spiro atoms. The molecule has 0 saturated carbocycles. The van der Waals surface area contributed by atoms with Crippen molar-refractivity contribution in [3.63, 3.8) is 0 Å². The van der Waals surface area contributed by atoms with Crippen LogP contribution in [-0.4, -0.2) is 26.8 Å². The van der Waals surface area contributed by atoms with E-state index < -0.39 is 0 Å². The highest BCUT2D eigenvalue weighted by Gasteiger charge is 2.31. The molecule has 3 nitrogen and oxygen atoms in total. The number of benzene rings is 1. The van der Waals surface area contributed by atoms with Crippen molar-refractivity contribution in [2.45, 2.75) is 0 Å². The van der Waals surface area contributed by atoms with Crippen LogP contribution >= 0.6 is 0 Å². The molecule has 0 fully saturated rings. The summed E-state index contributed by atoms with van der Waals surface area (Å²) in [7, 11) is 2.94. The maximum atomic E-state index is 11.3. The maximum Gasteiger partial charge on any atom is 0.253 e. The lowest BCUT2D eigenvalue weighted by atomic mass is 10.1. The number of amides is 2. The van der Waals surface area contributed by atoms with Crippen molar-refractivity contribution in [2.24, 2.45) is 0 Å². The van der Waals surface area contributed by atoms with Crippen LogP contribution in [-0.2, 0) is 0 Å². The largest absolute Gasteiger partial charge is 0.305 e. The third kappa shape index (κ3) is 0.753. The normalized spacial score (nSPS) is 15.2. The summed E-state index contributed by atoms with van der Waals surface area (Å²) in [6.07, 6.45) is 0. The lowest BCUT2D eigenvalue weighted by Crippen LogP contribution is -2.26. The van der Waals surface area contributed by atoms with Crippen LogP contribution in [0.15, 0.2) is 24.3 Å². The van der Waals surface area contributed by atoms with Crippen LogP contribution < -0.4 is 0 Å². The van der Waals surface area contributed by atoms with Gasteiger partial charge >= 0.3 is 0 Å². The summed E-state index contributed by atoms with van der Waals surface area (Å²) >= 11 is 0. The molecule has 1 aliphatic heterocycles. The number of carbonyl (C=O) groups excluding carboxylic acids is 2. The van der Waals surface area contributed by atoms with E-state index in [-0.39, 0.29) is 11.8 Å². The van der Waals surface area contributed by atoms with Gasteiger partial charge < -0.3 is 4.57 Å². The molecule has 4 heteroatoms. The molecule has 3 radical (unpaired) electrons. The molecule has 1 aromatic rings. The Balaban J connectivity index is 2.67. The average Bonchev–Trinajstić information content (AvgIpc) is 2.33. The van der Waals surface area contributed by atoms with E-state index in [1.54, 1.807) is 24.3 Å². The summed E-state index contributed by atoms with van der Waals surface area (Å²) in [5.41, 5.74) is 0.912. The van der Waals surface area contributed by atoms with Crippen LogP contribution in [0.25, 0.3) is 0 Å². The molecule has 0 aromatic heterocycles. The zero-order valence-corrected chi connectivity index (χ0v) is 7.07. The molecule has 57 valence electrons. The van der Waals surface area contributed by atoms with Crippen molar-refractivity contribution >= 4 is 22.2 Å². The number of rotatable bonds is 0. The first-order valence-electron chi connectivity index (χ1n) is 3.41. The monoisotopic (exact) mass is 174 g/mol. The summed E-state index contributed by atoms with van der Waals surface area (Å²) in [5.74, 6) is -0.598. The van der Waals surface area contributed by atoms with Crippen molar-refractivity contribution in [3.05, 3.63) is 35.4 Å². The van der Waals surface area contributed by atoms with Crippen LogP contribution in [0.2, 0.25) is 0 Å². The molecule has 0 bridgehead atoms. The molecule has 0 unspecified atom stereocenters. The number of imide groups is 1. The van der Waals surface area contributed by atoms with Gasteiger partial charge in [-0.3, -0.25) is 9.59 Å². The van der Waals surface area contributed by atoms with Crippen molar-refractivity contribution in [1.82, 2.24) is 4.57 Å². The van der Waals surface area contributed by atoms with E-state index in [0.717, 1.165) is 4.57 Å². The third-order valence-electron chi connectivity index (χ3n) is 1.79. The van der Waals surface area contributed by atoms with Gasteiger partial charge in [-0.2, -0.15) is 0 Å². The Bertz CT molecular complexity index is 340. The molecule has 0 atom stereocenters. The quantitative estimate of drug-likeness (QED) is 0.421. The van der Waals surface area contributed by atoms with Crippen molar-refractivity contribution in [2.75, 3.05) is 0 Å². The van der Waals surface area contributed by atoms with Gasteiger partial charge in [-0.15, -0.1) is 0 Å². The van der Waals surface area contributed by atoms with E-state index in [0.29, 0.717) is 11.1 Å². The Morgan fingerprint density at radius 2 is 1.42 bits per heavy atom. The van der Waals surface area contributed by atoms with Gasteiger partial charge in [-0.25, -0.2) is 0 Å². The van der Waals surface area contributed by atoms with Gasteiger partial charge in [0.05, 0.1) is 11.1 Å².